The fourth-order valence-corrected chi connectivity index (χ4v) is 1.69. The summed E-state index contributed by atoms with van der Waals surface area (Å²) in [6.07, 6.45) is 2.97. The highest BCUT2D eigenvalue weighted by molar-refractivity contribution is 6.33. The van der Waals surface area contributed by atoms with Crippen LogP contribution in [0.15, 0.2) is 35.4 Å². The van der Waals surface area contributed by atoms with E-state index in [1.165, 1.54) is 19.5 Å². The number of aromatic nitrogens is 2. The van der Waals surface area contributed by atoms with Crippen LogP contribution >= 0.6 is 11.6 Å². The van der Waals surface area contributed by atoms with Crippen molar-refractivity contribution in [2.24, 2.45) is 0 Å². The van der Waals surface area contributed by atoms with Gasteiger partial charge in [0.05, 0.1) is 17.7 Å². The molecule has 0 unspecified atom stereocenters. The molecule has 2 rings (SSSR count). The molecular weight excluding hydrogens is 228 g/mol. The number of benzene rings is 1. The maximum Gasteiger partial charge on any atom is 0.274 e. The Hall–Kier alpha value is -1.81. The van der Waals surface area contributed by atoms with Crippen LogP contribution in [0.3, 0.4) is 0 Å². The topological polar surface area (TPSA) is 55.0 Å². The zero-order valence-electron chi connectivity index (χ0n) is 8.53. The third-order valence-corrected chi connectivity index (χ3v) is 2.45. The van der Waals surface area contributed by atoms with Crippen molar-refractivity contribution in [2.75, 3.05) is 7.11 Å². The standard InChI is InChI=1S/C11H9ClN2O2/c1-16-8-4-2-3-7(12)9(8)10-11(15)14-6-5-13-10/h2-6H,1H3,(H,14,15). The van der Waals surface area contributed by atoms with Gasteiger partial charge in [-0.2, -0.15) is 0 Å². The first kappa shape index (κ1) is 10.7. The molecule has 0 atom stereocenters. The molecule has 2 aromatic rings. The second-order valence-corrected chi connectivity index (χ2v) is 3.49. The molecule has 0 aliphatic carbocycles. The third kappa shape index (κ3) is 1.79. The van der Waals surface area contributed by atoms with Crippen LogP contribution in [-0.4, -0.2) is 17.1 Å². The monoisotopic (exact) mass is 236 g/mol. The van der Waals surface area contributed by atoms with Crippen LogP contribution < -0.4 is 10.3 Å². The first-order valence-corrected chi connectivity index (χ1v) is 4.98. The SMILES string of the molecule is COc1cccc(Cl)c1-c1ncc[nH]c1=O. The Bertz CT molecular complexity index is 566. The maximum absolute atomic E-state index is 11.6. The Balaban J connectivity index is 2.73. The fraction of sp³-hybridized carbons (Fsp3) is 0.0909. The minimum absolute atomic E-state index is 0.255. The van der Waals surface area contributed by atoms with E-state index in [1.807, 2.05) is 0 Å². The Kier molecular flexibility index (Phi) is 2.92. The van der Waals surface area contributed by atoms with Crippen molar-refractivity contribution in [1.29, 1.82) is 0 Å². The van der Waals surface area contributed by atoms with E-state index < -0.39 is 0 Å². The van der Waals surface area contributed by atoms with E-state index in [4.69, 9.17) is 16.3 Å². The lowest BCUT2D eigenvalue weighted by Gasteiger charge is -2.08. The zero-order valence-corrected chi connectivity index (χ0v) is 9.28. The number of aromatic amines is 1. The lowest BCUT2D eigenvalue weighted by Crippen LogP contribution is -2.10. The van der Waals surface area contributed by atoms with Gasteiger partial charge >= 0.3 is 0 Å². The Labute approximate surface area is 96.9 Å². The summed E-state index contributed by atoms with van der Waals surface area (Å²) < 4.78 is 5.16. The van der Waals surface area contributed by atoms with Gasteiger partial charge in [-0.3, -0.25) is 4.79 Å². The number of hydrogen-bond donors (Lipinski definition) is 1. The molecule has 0 saturated carbocycles. The molecule has 1 heterocycles. The van der Waals surface area contributed by atoms with Crippen LogP contribution in [0.5, 0.6) is 5.75 Å². The van der Waals surface area contributed by atoms with Gasteiger partial charge in [0.2, 0.25) is 0 Å². The van der Waals surface area contributed by atoms with Crippen molar-refractivity contribution >= 4 is 11.6 Å². The zero-order chi connectivity index (χ0) is 11.5. The quantitative estimate of drug-likeness (QED) is 0.869. The highest BCUT2D eigenvalue weighted by atomic mass is 35.5. The number of nitrogens with one attached hydrogen (secondary N) is 1. The number of ether oxygens (including phenoxy) is 1. The predicted molar refractivity (Wildman–Crippen MR) is 61.9 cm³/mol. The van der Waals surface area contributed by atoms with Crippen molar-refractivity contribution in [3.63, 3.8) is 0 Å². The molecule has 0 amide bonds. The van der Waals surface area contributed by atoms with E-state index in [-0.39, 0.29) is 11.3 Å². The minimum atomic E-state index is -0.297. The normalized spacial score (nSPS) is 10.1. The van der Waals surface area contributed by atoms with Crippen LogP contribution in [0.25, 0.3) is 11.3 Å². The van der Waals surface area contributed by atoms with E-state index in [9.17, 15) is 4.79 Å². The summed E-state index contributed by atoms with van der Waals surface area (Å²) in [5, 5.41) is 0.434. The molecular formula is C11H9ClN2O2. The molecule has 0 aliphatic heterocycles. The summed E-state index contributed by atoms with van der Waals surface area (Å²) in [4.78, 5) is 18.2. The van der Waals surface area contributed by atoms with Crippen molar-refractivity contribution in [3.8, 4) is 17.0 Å². The van der Waals surface area contributed by atoms with Gasteiger partial charge in [0.25, 0.3) is 5.56 Å². The molecule has 0 aliphatic rings. The van der Waals surface area contributed by atoms with Gasteiger partial charge in [-0.1, -0.05) is 17.7 Å². The molecule has 4 nitrogen and oxygen atoms in total. The van der Waals surface area contributed by atoms with E-state index in [1.54, 1.807) is 18.2 Å². The number of halogens is 1. The lowest BCUT2D eigenvalue weighted by molar-refractivity contribution is 0.416. The second-order valence-electron chi connectivity index (χ2n) is 3.08. The molecule has 0 fully saturated rings. The van der Waals surface area contributed by atoms with Crippen molar-refractivity contribution in [3.05, 3.63) is 46.0 Å². The van der Waals surface area contributed by atoms with Crippen LogP contribution in [0.1, 0.15) is 0 Å². The van der Waals surface area contributed by atoms with E-state index in [2.05, 4.69) is 9.97 Å². The van der Waals surface area contributed by atoms with Gasteiger partial charge in [0, 0.05) is 12.4 Å². The van der Waals surface area contributed by atoms with E-state index in [0.717, 1.165) is 0 Å². The molecule has 0 radical (unpaired) electrons. The number of methoxy groups -OCH3 is 1. The molecule has 0 bridgehead atoms. The molecule has 1 aromatic carbocycles. The maximum atomic E-state index is 11.6. The number of H-pyrrole nitrogens is 1. The third-order valence-electron chi connectivity index (χ3n) is 2.14. The van der Waals surface area contributed by atoms with Gasteiger partial charge in [-0.15, -0.1) is 0 Å². The largest absolute Gasteiger partial charge is 0.496 e. The highest BCUT2D eigenvalue weighted by Gasteiger charge is 2.14. The summed E-state index contributed by atoms with van der Waals surface area (Å²) in [5.41, 5.74) is 0.465. The fourth-order valence-electron chi connectivity index (χ4n) is 1.43. The average Bonchev–Trinajstić information content (AvgIpc) is 2.30. The van der Waals surface area contributed by atoms with E-state index in [0.29, 0.717) is 16.3 Å². The minimum Gasteiger partial charge on any atom is -0.496 e. The van der Waals surface area contributed by atoms with Crippen LogP contribution in [-0.2, 0) is 0 Å². The number of hydrogen-bond acceptors (Lipinski definition) is 3. The molecule has 0 saturated heterocycles. The number of nitrogens with zero attached hydrogens (tertiary/aromatic N) is 1. The Morgan fingerprint density at radius 2 is 2.25 bits per heavy atom. The second kappa shape index (κ2) is 4.37. The van der Waals surface area contributed by atoms with E-state index >= 15 is 0 Å². The summed E-state index contributed by atoms with van der Waals surface area (Å²) in [5.74, 6) is 0.525. The lowest BCUT2D eigenvalue weighted by atomic mass is 10.1. The molecule has 16 heavy (non-hydrogen) atoms. The number of rotatable bonds is 2. The van der Waals surface area contributed by atoms with Gasteiger partial charge in [0.15, 0.2) is 0 Å². The van der Waals surface area contributed by atoms with Crippen LogP contribution in [0, 0.1) is 0 Å². The van der Waals surface area contributed by atoms with Gasteiger partial charge in [-0.05, 0) is 12.1 Å². The Morgan fingerprint density at radius 1 is 1.44 bits per heavy atom. The molecule has 0 spiro atoms. The Morgan fingerprint density at radius 3 is 2.94 bits per heavy atom. The summed E-state index contributed by atoms with van der Waals surface area (Å²) in [7, 11) is 1.52. The summed E-state index contributed by atoms with van der Waals surface area (Å²) >= 11 is 6.04. The average molecular weight is 237 g/mol. The van der Waals surface area contributed by atoms with Crippen LogP contribution in [0.4, 0.5) is 0 Å². The van der Waals surface area contributed by atoms with Crippen molar-refractivity contribution in [1.82, 2.24) is 9.97 Å². The van der Waals surface area contributed by atoms with Crippen LogP contribution in [0.2, 0.25) is 5.02 Å². The van der Waals surface area contributed by atoms with Crippen molar-refractivity contribution < 1.29 is 4.74 Å². The molecule has 82 valence electrons. The van der Waals surface area contributed by atoms with Crippen molar-refractivity contribution in [2.45, 2.75) is 0 Å². The highest BCUT2D eigenvalue weighted by Crippen LogP contribution is 2.33. The summed E-state index contributed by atoms with van der Waals surface area (Å²) in [6.45, 7) is 0. The molecule has 1 N–H and O–H groups in total. The first-order chi connectivity index (χ1) is 7.74. The van der Waals surface area contributed by atoms with Gasteiger partial charge < -0.3 is 9.72 Å². The summed E-state index contributed by atoms with van der Waals surface area (Å²) in [6, 6.07) is 5.17. The molecule has 5 heteroatoms. The molecule has 1 aromatic heterocycles. The predicted octanol–water partition coefficient (Wildman–Crippen LogP) is 2.10. The smallest absolute Gasteiger partial charge is 0.274 e. The van der Waals surface area contributed by atoms with Gasteiger partial charge in [0.1, 0.15) is 11.4 Å². The first-order valence-electron chi connectivity index (χ1n) is 4.60. The van der Waals surface area contributed by atoms with Gasteiger partial charge in [-0.25, -0.2) is 4.98 Å².